The Labute approximate surface area is 155 Å². The minimum absolute atomic E-state index is 0.663. The maximum atomic E-state index is 10.4. The molecule has 4 heteroatoms. The summed E-state index contributed by atoms with van der Waals surface area (Å²) in [4.78, 5) is 17.1. The number of aliphatic imine (C=N–C) groups is 1. The first-order valence-electron chi connectivity index (χ1n) is 8.91. The highest BCUT2D eigenvalue weighted by Gasteiger charge is 2.11. The lowest BCUT2D eigenvalue weighted by Gasteiger charge is -2.25. The number of amidine groups is 1. The van der Waals surface area contributed by atoms with E-state index in [2.05, 4.69) is 28.9 Å². The van der Waals surface area contributed by atoms with Gasteiger partial charge in [-0.1, -0.05) is 36.4 Å². The fraction of sp³-hybridized carbons (Fsp3) is 0.273. The maximum absolute atomic E-state index is 10.4. The molecule has 0 N–H and O–H groups in total. The van der Waals surface area contributed by atoms with E-state index in [-0.39, 0.29) is 0 Å². The van der Waals surface area contributed by atoms with Gasteiger partial charge < -0.3 is 9.64 Å². The maximum Gasteiger partial charge on any atom is 0.142 e. The average molecular weight is 350 g/mol. The Kier molecular flexibility index (Phi) is 8.13. The average Bonchev–Trinajstić information content (AvgIpc) is 2.70. The lowest BCUT2D eigenvalue weighted by molar-refractivity contribution is -0.104. The summed E-state index contributed by atoms with van der Waals surface area (Å²) in [5.74, 6) is 1.94. The van der Waals surface area contributed by atoms with Crippen molar-refractivity contribution in [1.29, 1.82) is 0 Å². The normalized spacial score (nSPS) is 11.5. The Hall–Kier alpha value is -2.88. The number of hydrogen-bond acceptors (Lipinski definition) is 3. The Morgan fingerprint density at radius 3 is 2.46 bits per heavy atom. The predicted molar refractivity (Wildman–Crippen MR) is 109 cm³/mol. The lowest BCUT2D eigenvalue weighted by atomic mass is 10.1. The van der Waals surface area contributed by atoms with Crippen molar-refractivity contribution >= 4 is 23.9 Å². The molecule has 0 atom stereocenters. The first kappa shape index (κ1) is 19.4. The first-order chi connectivity index (χ1) is 12.8. The monoisotopic (exact) mass is 350 g/mol. The minimum atomic E-state index is 0.663. The van der Waals surface area contributed by atoms with Crippen molar-refractivity contribution in [2.24, 2.45) is 4.99 Å². The summed E-state index contributed by atoms with van der Waals surface area (Å²) in [6.07, 6.45) is 5.83. The number of nitrogens with zero attached hydrogens (tertiary/aromatic N) is 2. The number of ether oxygens (including phenoxy) is 1. The van der Waals surface area contributed by atoms with Crippen LogP contribution in [0.2, 0.25) is 0 Å². The SMILES string of the molecule is CCN(C(CCCOc1ccccc1)=NC)c1ccc(/C=C/C=O)cc1. The van der Waals surface area contributed by atoms with E-state index in [1.54, 1.807) is 6.08 Å². The highest BCUT2D eigenvalue weighted by molar-refractivity contribution is 5.97. The molecule has 0 aliphatic heterocycles. The number of aldehydes is 1. The molecule has 2 rings (SSSR count). The molecule has 0 unspecified atom stereocenters. The zero-order valence-electron chi connectivity index (χ0n) is 15.5. The van der Waals surface area contributed by atoms with Gasteiger partial charge in [-0.3, -0.25) is 9.79 Å². The number of carbonyl (C=O) groups is 1. The van der Waals surface area contributed by atoms with E-state index < -0.39 is 0 Å². The van der Waals surface area contributed by atoms with E-state index in [0.29, 0.717) is 6.61 Å². The van der Waals surface area contributed by atoms with Crippen molar-refractivity contribution < 1.29 is 9.53 Å². The number of benzene rings is 2. The smallest absolute Gasteiger partial charge is 0.142 e. The molecule has 0 saturated heterocycles. The molecule has 0 radical (unpaired) electrons. The second-order valence-electron chi connectivity index (χ2n) is 5.74. The summed E-state index contributed by atoms with van der Waals surface area (Å²) in [7, 11) is 1.83. The fourth-order valence-electron chi connectivity index (χ4n) is 2.73. The molecular formula is C22H26N2O2. The summed E-state index contributed by atoms with van der Waals surface area (Å²) in [6.45, 7) is 3.62. The zero-order valence-corrected chi connectivity index (χ0v) is 15.5. The Morgan fingerprint density at radius 1 is 1.12 bits per heavy atom. The van der Waals surface area contributed by atoms with Gasteiger partial charge in [-0.2, -0.15) is 0 Å². The summed E-state index contributed by atoms with van der Waals surface area (Å²) in [6, 6.07) is 18.0. The van der Waals surface area contributed by atoms with Gasteiger partial charge in [0.1, 0.15) is 17.9 Å². The fourth-order valence-corrected chi connectivity index (χ4v) is 2.73. The van der Waals surface area contributed by atoms with Gasteiger partial charge in [-0.05, 0) is 49.2 Å². The van der Waals surface area contributed by atoms with E-state index in [0.717, 1.165) is 48.5 Å². The van der Waals surface area contributed by atoms with Crippen LogP contribution in [0.5, 0.6) is 5.75 Å². The van der Waals surface area contributed by atoms with Gasteiger partial charge in [0, 0.05) is 25.7 Å². The van der Waals surface area contributed by atoms with Gasteiger partial charge in [-0.25, -0.2) is 0 Å². The highest BCUT2D eigenvalue weighted by atomic mass is 16.5. The molecule has 0 aliphatic carbocycles. The van der Waals surface area contributed by atoms with E-state index in [9.17, 15) is 4.79 Å². The quantitative estimate of drug-likeness (QED) is 0.218. The van der Waals surface area contributed by atoms with Gasteiger partial charge in [0.25, 0.3) is 0 Å². The lowest BCUT2D eigenvalue weighted by Crippen LogP contribution is -2.31. The third-order valence-electron chi connectivity index (χ3n) is 4.01. The van der Waals surface area contributed by atoms with Crippen molar-refractivity contribution in [3.05, 3.63) is 66.2 Å². The van der Waals surface area contributed by atoms with Crippen LogP contribution in [0, 0.1) is 0 Å². The molecule has 26 heavy (non-hydrogen) atoms. The van der Waals surface area contributed by atoms with Crippen LogP contribution in [0.25, 0.3) is 6.08 Å². The van der Waals surface area contributed by atoms with Crippen LogP contribution in [0.15, 0.2) is 65.7 Å². The molecule has 0 saturated carbocycles. The molecule has 4 nitrogen and oxygen atoms in total. The number of para-hydroxylation sites is 1. The zero-order chi connectivity index (χ0) is 18.6. The first-order valence-corrected chi connectivity index (χ1v) is 8.91. The van der Waals surface area contributed by atoms with Crippen LogP contribution in [-0.2, 0) is 4.79 Å². The van der Waals surface area contributed by atoms with Crippen molar-refractivity contribution in [3.63, 3.8) is 0 Å². The second-order valence-corrected chi connectivity index (χ2v) is 5.74. The number of rotatable bonds is 9. The molecule has 0 fully saturated rings. The van der Waals surface area contributed by atoms with Crippen molar-refractivity contribution in [2.75, 3.05) is 25.1 Å². The molecule has 0 amide bonds. The largest absolute Gasteiger partial charge is 0.494 e. The van der Waals surface area contributed by atoms with E-state index in [4.69, 9.17) is 4.74 Å². The Morgan fingerprint density at radius 2 is 1.85 bits per heavy atom. The molecule has 2 aromatic carbocycles. The number of carbonyl (C=O) groups excluding carboxylic acids is 1. The van der Waals surface area contributed by atoms with Gasteiger partial charge in [0.2, 0.25) is 0 Å². The number of hydrogen-bond donors (Lipinski definition) is 0. The van der Waals surface area contributed by atoms with Crippen LogP contribution >= 0.6 is 0 Å². The topological polar surface area (TPSA) is 41.9 Å². The third-order valence-corrected chi connectivity index (χ3v) is 4.01. The molecular weight excluding hydrogens is 324 g/mol. The number of allylic oxidation sites excluding steroid dienone is 1. The molecule has 0 aromatic heterocycles. The molecule has 0 heterocycles. The molecule has 0 spiro atoms. The van der Waals surface area contributed by atoms with Crippen LogP contribution < -0.4 is 9.64 Å². The van der Waals surface area contributed by atoms with E-state index >= 15 is 0 Å². The van der Waals surface area contributed by atoms with Gasteiger partial charge in [0.05, 0.1) is 6.61 Å². The van der Waals surface area contributed by atoms with E-state index in [1.165, 1.54) is 6.08 Å². The standard InChI is InChI=1S/C22H26N2O2/c1-3-24(20-15-13-19(14-16-20)9-7-17-25)22(23-2)12-8-18-26-21-10-5-4-6-11-21/h4-7,9-11,13-17H,3,8,12,18H2,1-2H3/b9-7+,23-22?. The van der Waals surface area contributed by atoms with Crippen molar-refractivity contribution in [1.82, 2.24) is 0 Å². The summed E-state index contributed by atoms with van der Waals surface area (Å²) < 4.78 is 5.76. The van der Waals surface area contributed by atoms with Crippen LogP contribution in [0.3, 0.4) is 0 Å². The number of anilines is 1. The predicted octanol–water partition coefficient (Wildman–Crippen LogP) is 4.61. The van der Waals surface area contributed by atoms with Gasteiger partial charge >= 0.3 is 0 Å². The highest BCUT2D eigenvalue weighted by Crippen LogP contribution is 2.18. The van der Waals surface area contributed by atoms with E-state index in [1.807, 2.05) is 49.5 Å². The second kappa shape index (κ2) is 10.9. The van der Waals surface area contributed by atoms with Gasteiger partial charge in [0.15, 0.2) is 0 Å². The van der Waals surface area contributed by atoms with Crippen LogP contribution in [-0.4, -0.2) is 32.3 Å². The molecule has 0 aliphatic rings. The van der Waals surface area contributed by atoms with Gasteiger partial charge in [-0.15, -0.1) is 0 Å². The molecule has 136 valence electrons. The van der Waals surface area contributed by atoms with Crippen molar-refractivity contribution in [2.45, 2.75) is 19.8 Å². The summed E-state index contributed by atoms with van der Waals surface area (Å²) >= 11 is 0. The summed E-state index contributed by atoms with van der Waals surface area (Å²) in [5, 5.41) is 0. The van der Waals surface area contributed by atoms with Crippen LogP contribution in [0.1, 0.15) is 25.3 Å². The van der Waals surface area contributed by atoms with Crippen molar-refractivity contribution in [3.8, 4) is 5.75 Å². The molecule has 2 aromatic rings. The van der Waals surface area contributed by atoms with Crippen LogP contribution in [0.4, 0.5) is 5.69 Å². The third kappa shape index (κ3) is 5.88. The summed E-state index contributed by atoms with van der Waals surface area (Å²) in [5.41, 5.74) is 2.10. The Balaban J connectivity index is 1.93. The minimum Gasteiger partial charge on any atom is -0.494 e. The molecule has 0 bridgehead atoms. The Bertz CT molecular complexity index is 722.